The van der Waals surface area contributed by atoms with Gasteiger partial charge in [0.15, 0.2) is 0 Å². The Labute approximate surface area is 136 Å². The minimum atomic E-state index is -0.227. The SMILES string of the molecule is O=CCCC1(c2ccccc2)c2ccccc2-c2ccccc21. The van der Waals surface area contributed by atoms with Crippen molar-refractivity contribution in [3.8, 4) is 11.1 Å². The van der Waals surface area contributed by atoms with Gasteiger partial charge >= 0.3 is 0 Å². The van der Waals surface area contributed by atoms with E-state index in [0.29, 0.717) is 6.42 Å². The first-order valence-electron chi connectivity index (χ1n) is 8.06. The molecule has 0 saturated heterocycles. The second-order valence-electron chi connectivity index (χ2n) is 6.07. The summed E-state index contributed by atoms with van der Waals surface area (Å²) in [5.41, 5.74) is 6.24. The van der Waals surface area contributed by atoms with Crippen LogP contribution in [-0.4, -0.2) is 6.29 Å². The van der Waals surface area contributed by atoms with Crippen LogP contribution in [0.4, 0.5) is 0 Å². The van der Waals surface area contributed by atoms with E-state index in [-0.39, 0.29) is 5.41 Å². The van der Waals surface area contributed by atoms with E-state index in [0.717, 1.165) is 12.7 Å². The lowest BCUT2D eigenvalue weighted by Crippen LogP contribution is -2.27. The standard InChI is InChI=1S/C22H18O/c23-16-8-15-22(17-9-2-1-3-10-17)20-13-6-4-11-18(20)19-12-5-7-14-21(19)22/h1-7,9-14,16H,8,15H2. The zero-order chi connectivity index (χ0) is 15.7. The predicted molar refractivity (Wildman–Crippen MR) is 93.5 cm³/mol. The molecule has 1 nitrogen and oxygen atoms in total. The average Bonchev–Trinajstić information content (AvgIpc) is 2.92. The molecule has 0 bridgehead atoms. The molecule has 0 radical (unpaired) electrons. The summed E-state index contributed by atoms with van der Waals surface area (Å²) in [4.78, 5) is 11.2. The number of fused-ring (bicyclic) bond motifs is 3. The van der Waals surface area contributed by atoms with Gasteiger partial charge in [-0.25, -0.2) is 0 Å². The van der Waals surface area contributed by atoms with Crippen molar-refractivity contribution in [2.24, 2.45) is 0 Å². The molecule has 0 heterocycles. The van der Waals surface area contributed by atoms with Crippen molar-refractivity contribution in [3.63, 3.8) is 0 Å². The van der Waals surface area contributed by atoms with Gasteiger partial charge in [0.1, 0.15) is 6.29 Å². The number of aldehydes is 1. The highest BCUT2D eigenvalue weighted by Gasteiger charge is 2.43. The van der Waals surface area contributed by atoms with Gasteiger partial charge in [0, 0.05) is 11.8 Å². The Morgan fingerprint density at radius 2 is 1.22 bits per heavy atom. The minimum Gasteiger partial charge on any atom is -0.303 e. The Bertz CT molecular complexity index is 803. The second kappa shape index (κ2) is 5.51. The molecule has 4 rings (SSSR count). The number of hydrogen-bond acceptors (Lipinski definition) is 1. The molecule has 0 fully saturated rings. The van der Waals surface area contributed by atoms with Crippen molar-refractivity contribution < 1.29 is 4.79 Å². The van der Waals surface area contributed by atoms with Gasteiger partial charge in [-0.1, -0.05) is 78.9 Å². The van der Waals surface area contributed by atoms with E-state index in [9.17, 15) is 4.79 Å². The first kappa shape index (κ1) is 14.0. The Balaban J connectivity index is 2.07. The van der Waals surface area contributed by atoms with E-state index in [1.54, 1.807) is 0 Å². The van der Waals surface area contributed by atoms with Crippen LogP contribution in [0, 0.1) is 0 Å². The molecule has 0 atom stereocenters. The molecule has 112 valence electrons. The predicted octanol–water partition coefficient (Wildman–Crippen LogP) is 4.98. The summed E-state index contributed by atoms with van der Waals surface area (Å²) in [6.45, 7) is 0. The second-order valence-corrected chi connectivity index (χ2v) is 6.07. The maximum atomic E-state index is 11.2. The summed E-state index contributed by atoms with van der Waals surface area (Å²) < 4.78 is 0. The van der Waals surface area contributed by atoms with Crippen LogP contribution in [0.2, 0.25) is 0 Å². The zero-order valence-corrected chi connectivity index (χ0v) is 12.9. The zero-order valence-electron chi connectivity index (χ0n) is 12.9. The molecule has 0 aliphatic heterocycles. The molecule has 0 amide bonds. The number of hydrogen-bond donors (Lipinski definition) is 0. The molecule has 1 heteroatoms. The van der Waals surface area contributed by atoms with E-state index in [1.165, 1.54) is 27.8 Å². The van der Waals surface area contributed by atoms with Crippen molar-refractivity contribution in [3.05, 3.63) is 95.6 Å². The lowest BCUT2D eigenvalue weighted by molar-refractivity contribution is -0.108. The van der Waals surface area contributed by atoms with Gasteiger partial charge in [-0.05, 0) is 34.2 Å². The molecule has 0 spiro atoms. The third-order valence-electron chi connectivity index (χ3n) is 4.97. The van der Waals surface area contributed by atoms with E-state index < -0.39 is 0 Å². The minimum absolute atomic E-state index is 0.227. The van der Waals surface area contributed by atoms with Crippen LogP contribution >= 0.6 is 0 Å². The largest absolute Gasteiger partial charge is 0.303 e. The highest BCUT2D eigenvalue weighted by Crippen LogP contribution is 2.54. The molecule has 3 aromatic rings. The monoisotopic (exact) mass is 298 g/mol. The molecule has 23 heavy (non-hydrogen) atoms. The summed E-state index contributed by atoms with van der Waals surface area (Å²) in [6, 6.07) is 27.8. The Kier molecular flexibility index (Phi) is 3.34. The van der Waals surface area contributed by atoms with Crippen LogP contribution in [0.15, 0.2) is 78.9 Å². The van der Waals surface area contributed by atoms with Crippen LogP contribution in [0.25, 0.3) is 11.1 Å². The fourth-order valence-electron chi connectivity index (χ4n) is 4.05. The topological polar surface area (TPSA) is 17.1 Å². The third-order valence-corrected chi connectivity index (χ3v) is 4.97. The maximum Gasteiger partial charge on any atom is 0.120 e. The Hall–Kier alpha value is -2.67. The molecule has 1 aliphatic rings. The summed E-state index contributed by atoms with van der Waals surface area (Å²) in [7, 11) is 0. The first-order valence-corrected chi connectivity index (χ1v) is 8.06. The van der Waals surface area contributed by atoms with Gasteiger partial charge in [-0.3, -0.25) is 0 Å². The highest BCUT2D eigenvalue weighted by molar-refractivity contribution is 5.83. The van der Waals surface area contributed by atoms with E-state index in [2.05, 4.69) is 72.8 Å². The van der Waals surface area contributed by atoms with Crippen molar-refractivity contribution in [2.75, 3.05) is 0 Å². The van der Waals surface area contributed by atoms with Gasteiger partial charge in [0.05, 0.1) is 0 Å². The number of carbonyl (C=O) groups is 1. The fourth-order valence-corrected chi connectivity index (χ4v) is 4.05. The van der Waals surface area contributed by atoms with Crippen molar-refractivity contribution in [1.29, 1.82) is 0 Å². The van der Waals surface area contributed by atoms with Gasteiger partial charge in [0.2, 0.25) is 0 Å². The third kappa shape index (κ3) is 1.97. The molecule has 0 unspecified atom stereocenters. The van der Waals surface area contributed by atoms with Crippen LogP contribution in [0.3, 0.4) is 0 Å². The lowest BCUT2D eigenvalue weighted by Gasteiger charge is -2.32. The van der Waals surface area contributed by atoms with E-state index in [4.69, 9.17) is 0 Å². The normalized spacial score (nSPS) is 14.1. The highest BCUT2D eigenvalue weighted by atomic mass is 16.1. The number of benzene rings is 3. The van der Waals surface area contributed by atoms with E-state index >= 15 is 0 Å². The molecule has 0 saturated carbocycles. The van der Waals surface area contributed by atoms with Crippen molar-refractivity contribution in [2.45, 2.75) is 18.3 Å². The maximum absolute atomic E-state index is 11.2. The number of carbonyl (C=O) groups excluding carboxylic acids is 1. The Morgan fingerprint density at radius 3 is 1.78 bits per heavy atom. The molecule has 0 N–H and O–H groups in total. The average molecular weight is 298 g/mol. The summed E-state index contributed by atoms with van der Waals surface area (Å²) in [5, 5.41) is 0. The summed E-state index contributed by atoms with van der Waals surface area (Å²) >= 11 is 0. The van der Waals surface area contributed by atoms with Crippen LogP contribution < -0.4 is 0 Å². The molecular weight excluding hydrogens is 280 g/mol. The van der Waals surface area contributed by atoms with Crippen LogP contribution in [-0.2, 0) is 10.2 Å². The molecule has 0 aromatic heterocycles. The molecule has 3 aromatic carbocycles. The quantitative estimate of drug-likeness (QED) is 0.621. The summed E-state index contributed by atoms with van der Waals surface area (Å²) in [5.74, 6) is 0. The fraction of sp³-hybridized carbons (Fsp3) is 0.136. The molecule has 1 aliphatic carbocycles. The lowest BCUT2D eigenvalue weighted by atomic mass is 9.69. The van der Waals surface area contributed by atoms with Crippen molar-refractivity contribution in [1.82, 2.24) is 0 Å². The van der Waals surface area contributed by atoms with Gasteiger partial charge in [-0.15, -0.1) is 0 Å². The number of rotatable bonds is 4. The van der Waals surface area contributed by atoms with Crippen LogP contribution in [0.1, 0.15) is 29.5 Å². The first-order chi connectivity index (χ1) is 11.4. The molecular formula is C22H18O. The van der Waals surface area contributed by atoms with Gasteiger partial charge in [0.25, 0.3) is 0 Å². The van der Waals surface area contributed by atoms with Crippen molar-refractivity contribution >= 4 is 6.29 Å². The van der Waals surface area contributed by atoms with E-state index in [1.807, 2.05) is 6.07 Å². The summed E-state index contributed by atoms with van der Waals surface area (Å²) in [6.07, 6.45) is 2.39. The smallest absolute Gasteiger partial charge is 0.120 e. The Morgan fingerprint density at radius 1 is 0.696 bits per heavy atom. The van der Waals surface area contributed by atoms with Crippen LogP contribution in [0.5, 0.6) is 0 Å². The van der Waals surface area contributed by atoms with Gasteiger partial charge < -0.3 is 4.79 Å². The van der Waals surface area contributed by atoms with Gasteiger partial charge in [-0.2, -0.15) is 0 Å².